The van der Waals surface area contributed by atoms with E-state index in [4.69, 9.17) is 35.9 Å². The Morgan fingerprint density at radius 1 is 1.33 bits per heavy atom. The number of nitrogens with two attached hydrogens (primary N) is 1. The number of carbonyl (C=O) groups is 1. The maximum absolute atomic E-state index is 13.7. The Labute approximate surface area is 213 Å². The maximum Gasteiger partial charge on any atom is 0.459 e. The van der Waals surface area contributed by atoms with E-state index in [1.807, 2.05) is 16.8 Å². The topological polar surface area (TPSA) is 140 Å². The second-order valence-electron chi connectivity index (χ2n) is 8.49. The molecule has 1 aromatic carbocycles. The van der Waals surface area contributed by atoms with E-state index >= 15 is 0 Å². The lowest BCUT2D eigenvalue weighted by Crippen LogP contribution is -2.31. The van der Waals surface area contributed by atoms with Crippen molar-refractivity contribution in [2.45, 2.75) is 45.6 Å². The fraction of sp³-hybridized carbons (Fsp3) is 0.435. The van der Waals surface area contributed by atoms with Crippen LogP contribution in [-0.2, 0) is 23.4 Å². The van der Waals surface area contributed by atoms with Gasteiger partial charge in [0.25, 0.3) is 0 Å². The number of fused-ring (bicyclic) bond motifs is 1. The predicted molar refractivity (Wildman–Crippen MR) is 135 cm³/mol. The number of ether oxygens (including phenoxy) is 2. The number of rotatable bonds is 10. The van der Waals surface area contributed by atoms with E-state index in [2.05, 4.69) is 22.0 Å². The monoisotopic (exact) mass is 537 g/mol. The SMILES string of the molecule is CCOC(=O)CNP(=O)(Oc1ccc(Cl)cc1)OC(C)C1CC(C)C(n2ccc3c(N)ncnc32)O1. The summed E-state index contributed by atoms with van der Waals surface area (Å²) in [5.41, 5.74) is 6.64. The Bertz CT molecular complexity index is 1260. The van der Waals surface area contributed by atoms with Crippen LogP contribution in [0.25, 0.3) is 11.0 Å². The smallest absolute Gasteiger partial charge is 0.459 e. The molecule has 3 heterocycles. The number of anilines is 1. The summed E-state index contributed by atoms with van der Waals surface area (Å²) >= 11 is 5.94. The minimum Gasteiger partial charge on any atom is -0.465 e. The van der Waals surface area contributed by atoms with E-state index in [9.17, 15) is 9.36 Å². The fourth-order valence-corrected chi connectivity index (χ4v) is 5.68. The average Bonchev–Trinajstić information content (AvgIpc) is 3.44. The number of nitrogens with zero attached hydrogens (tertiary/aromatic N) is 3. The van der Waals surface area contributed by atoms with Crippen molar-refractivity contribution in [3.63, 3.8) is 0 Å². The van der Waals surface area contributed by atoms with Crippen LogP contribution in [0.2, 0.25) is 5.02 Å². The van der Waals surface area contributed by atoms with Gasteiger partial charge in [0.1, 0.15) is 36.3 Å². The van der Waals surface area contributed by atoms with Gasteiger partial charge in [0.05, 0.1) is 24.2 Å². The number of aromatic nitrogens is 3. The molecule has 0 spiro atoms. The van der Waals surface area contributed by atoms with Crippen LogP contribution in [0.5, 0.6) is 5.75 Å². The van der Waals surface area contributed by atoms with Crippen molar-refractivity contribution in [3.8, 4) is 5.75 Å². The zero-order valence-corrected chi connectivity index (χ0v) is 21.8. The van der Waals surface area contributed by atoms with Crippen molar-refractivity contribution in [1.29, 1.82) is 0 Å². The molecule has 0 bridgehead atoms. The van der Waals surface area contributed by atoms with E-state index < -0.39 is 25.9 Å². The van der Waals surface area contributed by atoms with Gasteiger partial charge in [-0.3, -0.25) is 9.32 Å². The van der Waals surface area contributed by atoms with E-state index in [-0.39, 0.29) is 31.0 Å². The fourth-order valence-electron chi connectivity index (χ4n) is 4.07. The third kappa shape index (κ3) is 5.99. The molecule has 36 heavy (non-hydrogen) atoms. The zero-order chi connectivity index (χ0) is 25.9. The summed E-state index contributed by atoms with van der Waals surface area (Å²) in [6.45, 7) is 5.32. The Balaban J connectivity index is 1.49. The Hall–Kier alpha value is -2.69. The number of hydrogen-bond donors (Lipinski definition) is 2. The normalized spacial score (nSPS) is 22.3. The largest absolute Gasteiger partial charge is 0.465 e. The molecule has 5 unspecified atom stereocenters. The number of nitrogens with one attached hydrogen (secondary N) is 1. The standard InChI is InChI=1S/C23H29ClN5O6P/c1-4-32-20(30)12-28-36(31,35-17-7-5-16(24)6-8-17)34-15(3)19-11-14(2)23(33-19)29-10-9-18-21(25)26-13-27-22(18)29/h5-10,13-15,19,23H,4,11-12H2,1-3H3,(H,28,31)(H2,25,26,27). The Kier molecular flexibility index (Phi) is 8.17. The highest BCUT2D eigenvalue weighted by Gasteiger charge is 2.41. The van der Waals surface area contributed by atoms with E-state index in [0.717, 1.165) is 5.39 Å². The van der Waals surface area contributed by atoms with Crippen LogP contribution in [0.3, 0.4) is 0 Å². The number of esters is 1. The molecule has 5 atom stereocenters. The second kappa shape index (κ2) is 11.1. The molecule has 13 heteroatoms. The third-order valence-electron chi connectivity index (χ3n) is 5.81. The summed E-state index contributed by atoms with van der Waals surface area (Å²) in [6, 6.07) is 8.16. The number of benzene rings is 1. The molecule has 0 amide bonds. The second-order valence-corrected chi connectivity index (χ2v) is 10.6. The molecule has 0 aliphatic carbocycles. The first-order valence-corrected chi connectivity index (χ1v) is 13.5. The molecular formula is C23H29ClN5O6P. The number of carbonyl (C=O) groups excluding carboxylic acids is 1. The summed E-state index contributed by atoms with van der Waals surface area (Å²) in [4.78, 5) is 20.3. The number of nitrogen functional groups attached to an aromatic ring is 1. The molecule has 1 fully saturated rings. The van der Waals surface area contributed by atoms with Crippen molar-refractivity contribution in [2.24, 2.45) is 5.92 Å². The zero-order valence-electron chi connectivity index (χ0n) is 20.2. The Morgan fingerprint density at radius 2 is 2.08 bits per heavy atom. The highest BCUT2D eigenvalue weighted by atomic mass is 35.5. The molecule has 194 valence electrons. The average molecular weight is 538 g/mol. The Morgan fingerprint density at radius 3 is 2.81 bits per heavy atom. The summed E-state index contributed by atoms with van der Waals surface area (Å²) in [5.74, 6) is 0.170. The van der Waals surface area contributed by atoms with Crippen LogP contribution in [-0.4, -0.2) is 45.9 Å². The quantitative estimate of drug-likeness (QED) is 0.283. The molecular weight excluding hydrogens is 509 g/mol. The number of halogens is 1. The lowest BCUT2D eigenvalue weighted by molar-refractivity contribution is -0.141. The summed E-state index contributed by atoms with van der Waals surface area (Å²) in [5, 5.41) is 3.83. The summed E-state index contributed by atoms with van der Waals surface area (Å²) in [6.07, 6.45) is 2.51. The molecule has 2 aromatic heterocycles. The van der Waals surface area contributed by atoms with Crippen LogP contribution in [0.1, 0.15) is 33.4 Å². The van der Waals surface area contributed by atoms with Crippen molar-refractivity contribution >= 4 is 42.2 Å². The van der Waals surface area contributed by atoms with Gasteiger partial charge in [0.2, 0.25) is 0 Å². The highest BCUT2D eigenvalue weighted by molar-refractivity contribution is 7.52. The lowest BCUT2D eigenvalue weighted by Gasteiger charge is -2.26. The van der Waals surface area contributed by atoms with Gasteiger partial charge in [-0.1, -0.05) is 18.5 Å². The molecule has 0 saturated carbocycles. The van der Waals surface area contributed by atoms with Crippen molar-refractivity contribution in [2.75, 3.05) is 18.9 Å². The van der Waals surface area contributed by atoms with Crippen LogP contribution >= 0.6 is 19.3 Å². The van der Waals surface area contributed by atoms with E-state index in [1.54, 1.807) is 38.1 Å². The van der Waals surface area contributed by atoms with E-state index in [1.165, 1.54) is 6.33 Å². The van der Waals surface area contributed by atoms with Crippen LogP contribution in [0.4, 0.5) is 5.82 Å². The third-order valence-corrected chi connectivity index (χ3v) is 7.67. The first kappa shape index (κ1) is 26.4. The first-order chi connectivity index (χ1) is 17.2. The number of hydrogen-bond acceptors (Lipinski definition) is 9. The van der Waals surface area contributed by atoms with Crippen LogP contribution < -0.4 is 15.3 Å². The van der Waals surface area contributed by atoms with Gasteiger partial charge in [0, 0.05) is 17.1 Å². The van der Waals surface area contributed by atoms with Gasteiger partial charge in [-0.25, -0.2) is 19.6 Å². The van der Waals surface area contributed by atoms with Gasteiger partial charge in [-0.2, -0.15) is 0 Å². The predicted octanol–water partition coefficient (Wildman–Crippen LogP) is 4.34. The molecule has 0 radical (unpaired) electrons. The lowest BCUT2D eigenvalue weighted by atomic mass is 10.0. The molecule has 1 saturated heterocycles. The van der Waals surface area contributed by atoms with Crippen molar-refractivity contribution in [1.82, 2.24) is 19.6 Å². The van der Waals surface area contributed by atoms with Gasteiger partial charge in [0.15, 0.2) is 0 Å². The van der Waals surface area contributed by atoms with Gasteiger partial charge < -0.3 is 24.3 Å². The molecule has 4 rings (SSSR count). The van der Waals surface area contributed by atoms with E-state index in [0.29, 0.717) is 22.9 Å². The summed E-state index contributed by atoms with van der Waals surface area (Å²) < 4.78 is 38.4. The van der Waals surface area contributed by atoms with Gasteiger partial charge in [-0.05, 0) is 50.6 Å². The van der Waals surface area contributed by atoms with Gasteiger partial charge in [-0.15, -0.1) is 0 Å². The van der Waals surface area contributed by atoms with Crippen LogP contribution in [0.15, 0.2) is 42.9 Å². The molecule has 3 N–H and O–H groups in total. The minimum atomic E-state index is -4.01. The molecule has 1 aliphatic heterocycles. The molecule has 11 nitrogen and oxygen atoms in total. The summed E-state index contributed by atoms with van der Waals surface area (Å²) in [7, 11) is -4.01. The first-order valence-electron chi connectivity index (χ1n) is 11.6. The van der Waals surface area contributed by atoms with Crippen molar-refractivity contribution < 1.29 is 27.9 Å². The minimum absolute atomic E-state index is 0.0944. The van der Waals surface area contributed by atoms with Crippen molar-refractivity contribution in [3.05, 3.63) is 47.9 Å². The van der Waals surface area contributed by atoms with Crippen LogP contribution in [0, 0.1) is 5.92 Å². The highest BCUT2D eigenvalue weighted by Crippen LogP contribution is 2.48. The maximum atomic E-state index is 13.7. The molecule has 3 aromatic rings. The molecule has 1 aliphatic rings. The van der Waals surface area contributed by atoms with Gasteiger partial charge >= 0.3 is 13.7 Å².